The molecule has 2 bridgehead atoms. The van der Waals surface area contributed by atoms with Crippen molar-refractivity contribution in [2.75, 3.05) is 20.2 Å². The molecule has 5 nitrogen and oxygen atoms in total. The van der Waals surface area contributed by atoms with Gasteiger partial charge in [-0.15, -0.1) is 6.58 Å². The Hall–Kier alpha value is -1.56. The first-order chi connectivity index (χ1) is 15.8. The van der Waals surface area contributed by atoms with E-state index >= 15 is 0 Å². The quantitative estimate of drug-likeness (QED) is 0.605. The molecule has 188 valence electrons. The maximum atomic E-state index is 12.1. The smallest absolute Gasteiger partial charge is 0.165 e. The summed E-state index contributed by atoms with van der Waals surface area (Å²) in [5.74, 6) is 0.717. The van der Waals surface area contributed by atoms with Crippen molar-refractivity contribution in [2.24, 2.45) is 16.7 Å². The van der Waals surface area contributed by atoms with Gasteiger partial charge in [-0.25, -0.2) is 0 Å². The second-order valence-corrected chi connectivity index (χ2v) is 13.0. The normalized spacial score (nSPS) is 40.3. The van der Waals surface area contributed by atoms with Crippen LogP contribution in [0.4, 0.5) is 0 Å². The van der Waals surface area contributed by atoms with Crippen LogP contribution in [-0.2, 0) is 16.6 Å². The summed E-state index contributed by atoms with van der Waals surface area (Å²) in [6, 6.07) is 4.23. The molecule has 7 atom stereocenters. The summed E-state index contributed by atoms with van der Waals surface area (Å²) < 4.78 is 13.2. The average molecular weight is 470 g/mol. The number of likely N-dealkylation sites (tertiary alicyclic amines) is 1. The molecule has 0 amide bonds. The molecule has 2 heterocycles. The Morgan fingerprint density at radius 1 is 1.26 bits per heavy atom. The molecule has 4 aliphatic rings. The van der Waals surface area contributed by atoms with Gasteiger partial charge in [-0.3, -0.25) is 4.90 Å². The molecule has 1 saturated carbocycles. The van der Waals surface area contributed by atoms with Crippen LogP contribution in [0, 0.1) is 16.7 Å². The van der Waals surface area contributed by atoms with Crippen molar-refractivity contribution < 1.29 is 19.7 Å². The molecule has 1 unspecified atom stereocenters. The molecule has 1 saturated heterocycles. The molecule has 34 heavy (non-hydrogen) atoms. The maximum Gasteiger partial charge on any atom is 0.165 e. The van der Waals surface area contributed by atoms with E-state index in [1.165, 1.54) is 11.1 Å². The van der Waals surface area contributed by atoms with Gasteiger partial charge in [0.1, 0.15) is 11.7 Å². The average Bonchev–Trinajstić information content (AvgIpc) is 3.12. The molecule has 1 aromatic rings. The second kappa shape index (κ2) is 7.24. The summed E-state index contributed by atoms with van der Waals surface area (Å²) in [6.45, 7) is 18.8. The fourth-order valence-corrected chi connectivity index (χ4v) is 8.39. The molecule has 5 rings (SSSR count). The summed E-state index contributed by atoms with van der Waals surface area (Å²) in [7, 11) is 1.76. The minimum atomic E-state index is -0.983. The summed E-state index contributed by atoms with van der Waals surface area (Å²) in [4.78, 5) is 2.65. The lowest BCUT2D eigenvalue weighted by Gasteiger charge is -2.70. The molecule has 2 aliphatic carbocycles. The van der Waals surface area contributed by atoms with Gasteiger partial charge in [0.25, 0.3) is 0 Å². The first-order valence-electron chi connectivity index (χ1n) is 12.9. The molecule has 0 radical (unpaired) electrons. The van der Waals surface area contributed by atoms with E-state index in [1.807, 2.05) is 13.0 Å². The number of aromatic hydroxyl groups is 1. The minimum Gasteiger partial charge on any atom is -0.504 e. The molecule has 5 heteroatoms. The molecule has 2 N–H and O–H groups in total. The third-order valence-corrected chi connectivity index (χ3v) is 10.9. The van der Waals surface area contributed by atoms with E-state index in [0.29, 0.717) is 11.8 Å². The van der Waals surface area contributed by atoms with E-state index in [0.717, 1.165) is 38.8 Å². The van der Waals surface area contributed by atoms with Crippen molar-refractivity contribution in [3.05, 3.63) is 35.9 Å². The number of ether oxygens (including phenoxy) is 2. The van der Waals surface area contributed by atoms with Gasteiger partial charge in [0, 0.05) is 36.6 Å². The number of nitrogens with zero attached hydrogens (tertiary/aromatic N) is 1. The molecule has 2 fully saturated rings. The summed E-state index contributed by atoms with van der Waals surface area (Å²) in [5.41, 5.74) is 0.0500. The molecule has 0 aromatic heterocycles. The zero-order valence-electron chi connectivity index (χ0n) is 22.1. The number of piperidine rings is 1. The van der Waals surface area contributed by atoms with Crippen LogP contribution in [-0.4, -0.2) is 58.7 Å². The first-order valence-corrected chi connectivity index (χ1v) is 12.9. The number of phenols is 1. The largest absolute Gasteiger partial charge is 0.504 e. The fraction of sp³-hybridized carbons (Fsp3) is 0.724. The van der Waals surface area contributed by atoms with Gasteiger partial charge >= 0.3 is 0 Å². The van der Waals surface area contributed by atoms with Crippen LogP contribution >= 0.6 is 0 Å². The van der Waals surface area contributed by atoms with E-state index in [4.69, 9.17) is 9.47 Å². The van der Waals surface area contributed by atoms with Gasteiger partial charge in [-0.1, -0.05) is 39.8 Å². The highest BCUT2D eigenvalue weighted by atomic mass is 16.6. The van der Waals surface area contributed by atoms with Gasteiger partial charge < -0.3 is 19.7 Å². The van der Waals surface area contributed by atoms with Gasteiger partial charge in [0.15, 0.2) is 11.5 Å². The number of phenolic OH excluding ortho intramolecular Hbond substituents is 1. The van der Waals surface area contributed by atoms with E-state index in [9.17, 15) is 10.2 Å². The standard InChI is InChI=1S/C29H43NO4/c1-9-10-14-30-15-13-29-22-18-11-12-19(31)23(22)34-24(29)27(6,33-8)20(28(7,32)25(2,3)4)17-26(29,5)21(30)16-18/h9,11-12,20-21,24,31-32H,1,10,13-17H2,2-8H3/t20-,21+,24-,26+,27+,28?,29-/m0/s1. The van der Waals surface area contributed by atoms with Crippen molar-refractivity contribution in [2.45, 2.75) is 96.0 Å². The van der Waals surface area contributed by atoms with Crippen LogP contribution < -0.4 is 4.74 Å². The number of hydrogen-bond acceptors (Lipinski definition) is 5. The Kier molecular flexibility index (Phi) is 5.14. The Bertz CT molecular complexity index is 1010. The van der Waals surface area contributed by atoms with Crippen LogP contribution in [0.2, 0.25) is 0 Å². The highest BCUT2D eigenvalue weighted by Crippen LogP contribution is 2.73. The predicted molar refractivity (Wildman–Crippen MR) is 134 cm³/mol. The van der Waals surface area contributed by atoms with Crippen LogP contribution in [0.5, 0.6) is 11.5 Å². The van der Waals surface area contributed by atoms with Crippen molar-refractivity contribution in [3.8, 4) is 11.5 Å². The Morgan fingerprint density at radius 3 is 2.59 bits per heavy atom. The SMILES string of the molecule is C=CCCN1CC[C@]23c4c5ccc(O)c4O[C@H]2[C@](C)(OC)[C@@H](C(C)(O)C(C)(C)C)C[C@]3(C)[C@H]1C5. The molecule has 1 spiro atoms. The molecular formula is C29H43NO4. The van der Waals surface area contributed by atoms with Gasteiger partial charge in [-0.05, 0) is 68.5 Å². The first kappa shape index (κ1) is 24.1. The number of rotatable bonds is 5. The highest BCUT2D eigenvalue weighted by Gasteiger charge is 2.77. The Balaban J connectivity index is 1.77. The monoisotopic (exact) mass is 469 g/mol. The van der Waals surface area contributed by atoms with Crippen LogP contribution in [0.3, 0.4) is 0 Å². The van der Waals surface area contributed by atoms with Crippen molar-refractivity contribution in [3.63, 3.8) is 0 Å². The summed E-state index contributed by atoms with van der Waals surface area (Å²) in [6.07, 6.45) is 5.42. The fourth-order valence-electron chi connectivity index (χ4n) is 8.39. The highest BCUT2D eigenvalue weighted by molar-refractivity contribution is 5.62. The third-order valence-electron chi connectivity index (χ3n) is 10.9. The van der Waals surface area contributed by atoms with Gasteiger partial charge in [0.2, 0.25) is 0 Å². The van der Waals surface area contributed by atoms with Crippen LogP contribution in [0.15, 0.2) is 24.8 Å². The Labute approximate surface area is 205 Å². The minimum absolute atomic E-state index is 0.138. The topological polar surface area (TPSA) is 62.2 Å². The third kappa shape index (κ3) is 2.67. The lowest BCUT2D eigenvalue weighted by Crippen LogP contribution is -2.79. The van der Waals surface area contributed by atoms with Crippen molar-refractivity contribution >= 4 is 0 Å². The maximum absolute atomic E-state index is 12.1. The number of benzene rings is 1. The van der Waals surface area contributed by atoms with E-state index in [-0.39, 0.29) is 34.0 Å². The molecular weight excluding hydrogens is 426 g/mol. The van der Waals surface area contributed by atoms with Crippen LogP contribution in [0.1, 0.15) is 71.9 Å². The van der Waals surface area contributed by atoms with Gasteiger partial charge in [0.05, 0.1) is 5.60 Å². The zero-order chi connectivity index (χ0) is 24.9. The van der Waals surface area contributed by atoms with Crippen molar-refractivity contribution in [1.82, 2.24) is 4.90 Å². The van der Waals surface area contributed by atoms with E-state index < -0.39 is 11.2 Å². The number of aliphatic hydroxyl groups is 1. The molecule has 1 aromatic carbocycles. The van der Waals surface area contributed by atoms with E-state index in [2.05, 4.69) is 52.2 Å². The summed E-state index contributed by atoms with van der Waals surface area (Å²) in [5, 5.41) is 23.1. The van der Waals surface area contributed by atoms with Gasteiger partial charge in [-0.2, -0.15) is 0 Å². The number of hydrogen-bond donors (Lipinski definition) is 2. The zero-order valence-corrected chi connectivity index (χ0v) is 22.1. The summed E-state index contributed by atoms with van der Waals surface area (Å²) >= 11 is 0. The lowest BCUT2D eigenvalue weighted by molar-refractivity contribution is -0.270. The lowest BCUT2D eigenvalue weighted by atomic mass is 9.38. The predicted octanol–water partition coefficient (Wildman–Crippen LogP) is 4.83. The Morgan fingerprint density at radius 2 is 1.97 bits per heavy atom. The van der Waals surface area contributed by atoms with Crippen LogP contribution in [0.25, 0.3) is 0 Å². The van der Waals surface area contributed by atoms with E-state index in [1.54, 1.807) is 13.2 Å². The van der Waals surface area contributed by atoms with Crippen molar-refractivity contribution in [1.29, 1.82) is 0 Å². The second-order valence-electron chi connectivity index (χ2n) is 13.0. The number of methoxy groups -OCH3 is 1. The molecule has 2 aliphatic heterocycles.